The monoisotopic (exact) mass is 608 g/mol. The van der Waals surface area contributed by atoms with Gasteiger partial charge in [0.1, 0.15) is 24.4 Å². The molecule has 1 saturated heterocycles. The van der Waals surface area contributed by atoms with Crippen molar-refractivity contribution in [3.8, 4) is 5.75 Å². The van der Waals surface area contributed by atoms with Crippen molar-refractivity contribution in [3.05, 3.63) is 65.7 Å². The maximum Gasteiger partial charge on any atom is 0.328 e. The highest BCUT2D eigenvalue weighted by Gasteiger charge is 2.51. The van der Waals surface area contributed by atoms with E-state index in [0.29, 0.717) is 44.5 Å². The van der Waals surface area contributed by atoms with E-state index in [4.69, 9.17) is 14.2 Å². The summed E-state index contributed by atoms with van der Waals surface area (Å²) in [5.74, 6) is -1.37. The number of aliphatic hydroxyl groups excluding tert-OH is 1. The van der Waals surface area contributed by atoms with Crippen molar-refractivity contribution in [1.82, 2.24) is 10.2 Å². The third-order valence-corrected chi connectivity index (χ3v) is 8.39. The summed E-state index contributed by atoms with van der Waals surface area (Å²) in [7, 11) is 1.29. The lowest BCUT2D eigenvalue weighted by Crippen LogP contribution is -2.57. The minimum Gasteiger partial charge on any atom is -0.489 e. The summed E-state index contributed by atoms with van der Waals surface area (Å²) >= 11 is 0. The number of hydrogen-bond donors (Lipinski definition) is 2. The van der Waals surface area contributed by atoms with E-state index in [0.717, 1.165) is 11.1 Å². The topological polar surface area (TPSA) is 131 Å². The Morgan fingerprint density at radius 1 is 0.977 bits per heavy atom. The standard InChI is InChI=1S/C34H44N2O8/c1-21(2)16-28(33(40)36-29-19-26(38)13-12-25(29)18-30(36)34(41)42-4)35-32(39)31(44-22(3)37)17-23-10-14-27(15-11-23)43-20-24-8-6-5-7-9-24/h5-11,14-15,21,25-26,28-31,38H,12-13,16-20H2,1-4H3,(H,35,39)/t25-,26+,28+,29-,30-,31+/m0/s1. The summed E-state index contributed by atoms with van der Waals surface area (Å²) in [6, 6.07) is 14.9. The first-order valence-electron chi connectivity index (χ1n) is 15.4. The lowest BCUT2D eigenvalue weighted by molar-refractivity contribution is -0.157. The summed E-state index contributed by atoms with van der Waals surface area (Å²) in [6.45, 7) is 5.52. The maximum absolute atomic E-state index is 14.1. The summed E-state index contributed by atoms with van der Waals surface area (Å²) in [5.41, 5.74) is 1.78. The fourth-order valence-corrected chi connectivity index (χ4v) is 6.30. The van der Waals surface area contributed by atoms with Crippen LogP contribution in [-0.2, 0) is 41.7 Å². The van der Waals surface area contributed by atoms with Crippen LogP contribution in [0, 0.1) is 11.8 Å². The summed E-state index contributed by atoms with van der Waals surface area (Å²) in [5, 5.41) is 13.2. The number of amides is 2. The molecule has 44 heavy (non-hydrogen) atoms. The summed E-state index contributed by atoms with van der Waals surface area (Å²) in [4.78, 5) is 54.0. The molecule has 0 spiro atoms. The molecule has 6 atom stereocenters. The van der Waals surface area contributed by atoms with E-state index in [2.05, 4.69) is 5.32 Å². The third-order valence-electron chi connectivity index (χ3n) is 8.39. The molecular formula is C34H44N2O8. The Labute approximate surface area is 259 Å². The van der Waals surface area contributed by atoms with Gasteiger partial charge in [0, 0.05) is 19.4 Å². The quantitative estimate of drug-likeness (QED) is 0.350. The normalized spacial score (nSPS) is 22.5. The van der Waals surface area contributed by atoms with Gasteiger partial charge in [-0.05, 0) is 67.2 Å². The number of nitrogens with one attached hydrogen (secondary N) is 1. The smallest absolute Gasteiger partial charge is 0.328 e. The van der Waals surface area contributed by atoms with E-state index in [9.17, 15) is 24.3 Å². The Balaban J connectivity index is 1.48. The molecule has 10 nitrogen and oxygen atoms in total. The number of aliphatic hydroxyl groups is 1. The van der Waals surface area contributed by atoms with Crippen molar-refractivity contribution < 1.29 is 38.5 Å². The fraction of sp³-hybridized carbons (Fsp3) is 0.529. The molecule has 2 N–H and O–H groups in total. The van der Waals surface area contributed by atoms with Gasteiger partial charge in [-0.2, -0.15) is 0 Å². The average molecular weight is 609 g/mol. The van der Waals surface area contributed by atoms with E-state index in [1.165, 1.54) is 18.9 Å². The molecule has 1 saturated carbocycles. The molecule has 0 radical (unpaired) electrons. The van der Waals surface area contributed by atoms with E-state index in [-0.39, 0.29) is 24.3 Å². The number of ether oxygens (including phenoxy) is 3. The number of fused-ring (bicyclic) bond motifs is 1. The molecule has 238 valence electrons. The van der Waals surface area contributed by atoms with Crippen LogP contribution in [0.4, 0.5) is 0 Å². The second-order valence-electron chi connectivity index (χ2n) is 12.2. The number of hydrogen-bond acceptors (Lipinski definition) is 8. The molecule has 2 fully saturated rings. The number of rotatable bonds is 12. The first kappa shape index (κ1) is 33.0. The lowest BCUT2D eigenvalue weighted by atomic mass is 9.83. The minimum atomic E-state index is -1.18. The predicted octanol–water partition coefficient (Wildman–Crippen LogP) is 3.57. The highest BCUT2D eigenvalue weighted by molar-refractivity contribution is 5.93. The first-order chi connectivity index (χ1) is 21.0. The molecule has 0 aromatic heterocycles. The van der Waals surface area contributed by atoms with Crippen molar-refractivity contribution in [2.45, 2.75) is 96.2 Å². The Kier molecular flexibility index (Phi) is 11.4. The van der Waals surface area contributed by atoms with Gasteiger partial charge in [-0.25, -0.2) is 4.79 Å². The SMILES string of the molecule is COC(=O)[C@@H]1C[C@@H]2CC[C@@H](O)C[C@@H]2N1C(=O)[C@@H](CC(C)C)NC(=O)[C@@H](Cc1ccc(OCc2ccccc2)cc1)OC(C)=O. The molecule has 1 heterocycles. The largest absolute Gasteiger partial charge is 0.489 e. The van der Waals surface area contributed by atoms with Crippen LogP contribution < -0.4 is 10.1 Å². The Bertz CT molecular complexity index is 1280. The predicted molar refractivity (Wildman–Crippen MR) is 162 cm³/mol. The van der Waals surface area contributed by atoms with Gasteiger partial charge in [0.2, 0.25) is 5.91 Å². The third kappa shape index (κ3) is 8.59. The fourth-order valence-electron chi connectivity index (χ4n) is 6.30. The molecule has 4 rings (SSSR count). The van der Waals surface area contributed by atoms with Gasteiger partial charge in [0.05, 0.1) is 13.2 Å². The van der Waals surface area contributed by atoms with E-state index in [1.807, 2.05) is 44.2 Å². The first-order valence-corrected chi connectivity index (χ1v) is 15.4. The highest BCUT2D eigenvalue weighted by Crippen LogP contribution is 2.41. The van der Waals surface area contributed by atoms with Gasteiger partial charge in [0.15, 0.2) is 6.10 Å². The van der Waals surface area contributed by atoms with E-state index >= 15 is 0 Å². The van der Waals surface area contributed by atoms with Crippen molar-refractivity contribution in [1.29, 1.82) is 0 Å². The maximum atomic E-state index is 14.1. The molecule has 2 aromatic carbocycles. The number of esters is 2. The zero-order chi connectivity index (χ0) is 31.8. The van der Waals surface area contributed by atoms with Gasteiger partial charge in [0.25, 0.3) is 5.91 Å². The van der Waals surface area contributed by atoms with Crippen molar-refractivity contribution in [2.24, 2.45) is 11.8 Å². The Hall–Kier alpha value is -3.92. The van der Waals surface area contributed by atoms with Crippen LogP contribution in [0.2, 0.25) is 0 Å². The molecule has 0 bridgehead atoms. The van der Waals surface area contributed by atoms with Crippen LogP contribution in [0.3, 0.4) is 0 Å². The summed E-state index contributed by atoms with van der Waals surface area (Å²) < 4.78 is 16.3. The second kappa shape index (κ2) is 15.2. The molecule has 10 heteroatoms. The average Bonchev–Trinajstić information content (AvgIpc) is 3.38. The molecule has 0 unspecified atom stereocenters. The molecule has 2 amide bonds. The molecule has 2 aliphatic rings. The van der Waals surface area contributed by atoms with Crippen molar-refractivity contribution >= 4 is 23.8 Å². The van der Waals surface area contributed by atoms with Crippen LogP contribution >= 0.6 is 0 Å². The Morgan fingerprint density at radius 3 is 2.32 bits per heavy atom. The van der Waals surface area contributed by atoms with E-state index in [1.54, 1.807) is 24.3 Å². The van der Waals surface area contributed by atoms with Crippen LogP contribution in [-0.4, -0.2) is 71.2 Å². The summed E-state index contributed by atoms with van der Waals surface area (Å²) in [6.07, 6.45) is 0.817. The Morgan fingerprint density at radius 2 is 1.68 bits per heavy atom. The van der Waals surface area contributed by atoms with Crippen molar-refractivity contribution in [2.75, 3.05) is 7.11 Å². The van der Waals surface area contributed by atoms with Gasteiger partial charge in [-0.3, -0.25) is 14.4 Å². The minimum absolute atomic E-state index is 0.0341. The molecular weight excluding hydrogens is 564 g/mol. The van der Waals surface area contributed by atoms with Crippen LogP contribution in [0.5, 0.6) is 5.75 Å². The number of carbonyl (C=O) groups excluding carboxylic acids is 4. The van der Waals surface area contributed by atoms with Crippen LogP contribution in [0.25, 0.3) is 0 Å². The number of benzene rings is 2. The number of carbonyl (C=O) groups is 4. The van der Waals surface area contributed by atoms with Gasteiger partial charge in [-0.1, -0.05) is 56.3 Å². The second-order valence-corrected chi connectivity index (χ2v) is 12.2. The molecule has 1 aliphatic heterocycles. The van der Waals surface area contributed by atoms with Crippen molar-refractivity contribution in [3.63, 3.8) is 0 Å². The molecule has 1 aliphatic carbocycles. The van der Waals surface area contributed by atoms with Gasteiger partial charge in [-0.15, -0.1) is 0 Å². The van der Waals surface area contributed by atoms with Gasteiger partial charge >= 0.3 is 11.9 Å². The molecule has 2 aromatic rings. The number of likely N-dealkylation sites (tertiary alicyclic amines) is 1. The van der Waals surface area contributed by atoms with Gasteiger partial charge < -0.3 is 29.5 Å². The number of methoxy groups -OCH3 is 1. The zero-order valence-corrected chi connectivity index (χ0v) is 25.9. The van der Waals surface area contributed by atoms with Crippen LogP contribution in [0.15, 0.2) is 54.6 Å². The van der Waals surface area contributed by atoms with Crippen LogP contribution in [0.1, 0.15) is 64.0 Å². The zero-order valence-electron chi connectivity index (χ0n) is 25.9. The number of nitrogens with zero attached hydrogens (tertiary/aromatic N) is 1. The van der Waals surface area contributed by atoms with E-state index < -0.39 is 48.0 Å². The lowest BCUT2D eigenvalue weighted by Gasteiger charge is -2.37. The highest BCUT2D eigenvalue weighted by atomic mass is 16.5.